The topological polar surface area (TPSA) is 36.3 Å². The number of likely N-dealkylation sites (tertiary alicyclic amines) is 1. The highest BCUT2D eigenvalue weighted by molar-refractivity contribution is 5.76. The Morgan fingerprint density at radius 3 is 2.53 bits per heavy atom. The van der Waals surface area contributed by atoms with E-state index in [4.69, 9.17) is 10.1 Å². The molecule has 92 valence electrons. The molecule has 1 aliphatic heterocycles. The number of rotatable bonds is 3. The van der Waals surface area contributed by atoms with E-state index in [0.717, 1.165) is 25.9 Å². The van der Waals surface area contributed by atoms with E-state index in [1.807, 2.05) is 25.1 Å². The van der Waals surface area contributed by atoms with E-state index in [0.29, 0.717) is 18.5 Å². The summed E-state index contributed by atoms with van der Waals surface area (Å²) >= 11 is 0. The van der Waals surface area contributed by atoms with Gasteiger partial charge in [0.1, 0.15) is 0 Å². The van der Waals surface area contributed by atoms with Crippen LogP contribution in [0.15, 0.2) is 30.3 Å². The summed E-state index contributed by atoms with van der Waals surface area (Å²) in [7, 11) is 0. The van der Waals surface area contributed by atoms with Crippen LogP contribution in [-0.4, -0.2) is 29.9 Å². The highest BCUT2D eigenvalue weighted by atomic mass is 16.5. The molecular formula is C14H20N2O. The van der Waals surface area contributed by atoms with E-state index in [2.05, 4.69) is 17.0 Å². The Kier molecular flexibility index (Phi) is 4.15. The van der Waals surface area contributed by atoms with Crippen LogP contribution in [0.4, 0.5) is 0 Å². The van der Waals surface area contributed by atoms with Crippen LogP contribution in [0.5, 0.6) is 0 Å². The van der Waals surface area contributed by atoms with Crippen LogP contribution < -0.4 is 0 Å². The summed E-state index contributed by atoms with van der Waals surface area (Å²) in [5, 5.41) is 7.58. The maximum atomic E-state index is 7.58. The fraction of sp³-hybridized carbons (Fsp3) is 0.500. The third kappa shape index (κ3) is 3.56. The minimum atomic E-state index is 0.353. The average molecular weight is 232 g/mol. The van der Waals surface area contributed by atoms with E-state index in [1.54, 1.807) is 0 Å². The minimum Gasteiger partial charge on any atom is -0.373 e. The van der Waals surface area contributed by atoms with Gasteiger partial charge in [-0.05, 0) is 25.3 Å². The van der Waals surface area contributed by atoms with Crippen LogP contribution in [0.3, 0.4) is 0 Å². The second-order valence-electron chi connectivity index (χ2n) is 4.57. The summed E-state index contributed by atoms with van der Waals surface area (Å²) in [6.07, 6.45) is 2.41. The molecule has 1 aromatic carbocycles. The lowest BCUT2D eigenvalue weighted by Crippen LogP contribution is -2.39. The number of hydrogen-bond acceptors (Lipinski definition) is 2. The highest BCUT2D eigenvalue weighted by Gasteiger charge is 2.19. The van der Waals surface area contributed by atoms with E-state index < -0.39 is 0 Å². The molecule has 1 heterocycles. The Bertz CT molecular complexity index is 356. The SMILES string of the molecule is CC(=N)N1CCC(OCc2ccccc2)CC1. The molecule has 1 N–H and O–H groups in total. The molecule has 1 fully saturated rings. The maximum absolute atomic E-state index is 7.58. The van der Waals surface area contributed by atoms with Gasteiger partial charge in [0, 0.05) is 13.1 Å². The first kappa shape index (κ1) is 12.1. The quantitative estimate of drug-likeness (QED) is 0.642. The van der Waals surface area contributed by atoms with Gasteiger partial charge in [0.25, 0.3) is 0 Å². The van der Waals surface area contributed by atoms with Crippen LogP contribution in [0.2, 0.25) is 0 Å². The maximum Gasteiger partial charge on any atom is 0.0925 e. The van der Waals surface area contributed by atoms with Crippen molar-refractivity contribution in [1.82, 2.24) is 4.90 Å². The Hall–Kier alpha value is -1.35. The minimum absolute atomic E-state index is 0.353. The van der Waals surface area contributed by atoms with E-state index >= 15 is 0 Å². The lowest BCUT2D eigenvalue weighted by molar-refractivity contribution is 0.00821. The van der Waals surface area contributed by atoms with Gasteiger partial charge >= 0.3 is 0 Å². The van der Waals surface area contributed by atoms with Crippen LogP contribution in [-0.2, 0) is 11.3 Å². The second kappa shape index (κ2) is 5.82. The molecule has 0 aromatic heterocycles. The number of piperidine rings is 1. The number of benzene rings is 1. The van der Waals surface area contributed by atoms with Crippen molar-refractivity contribution < 1.29 is 4.74 Å². The lowest BCUT2D eigenvalue weighted by atomic mass is 10.1. The molecule has 2 rings (SSSR count). The molecule has 0 amide bonds. The van der Waals surface area contributed by atoms with Crippen molar-refractivity contribution in [3.63, 3.8) is 0 Å². The Morgan fingerprint density at radius 2 is 1.94 bits per heavy atom. The molecule has 0 radical (unpaired) electrons. The number of ether oxygens (including phenoxy) is 1. The molecule has 0 atom stereocenters. The summed E-state index contributed by atoms with van der Waals surface area (Å²) in [6.45, 7) is 4.46. The number of nitrogens with zero attached hydrogens (tertiary/aromatic N) is 1. The molecule has 0 aliphatic carbocycles. The van der Waals surface area contributed by atoms with Gasteiger partial charge in [-0.1, -0.05) is 30.3 Å². The summed E-state index contributed by atoms with van der Waals surface area (Å²) < 4.78 is 5.90. The van der Waals surface area contributed by atoms with Crippen molar-refractivity contribution in [2.75, 3.05) is 13.1 Å². The van der Waals surface area contributed by atoms with Crippen molar-refractivity contribution in [2.45, 2.75) is 32.5 Å². The monoisotopic (exact) mass is 232 g/mol. The first-order chi connectivity index (χ1) is 8.25. The van der Waals surface area contributed by atoms with Crippen molar-refractivity contribution in [3.8, 4) is 0 Å². The fourth-order valence-corrected chi connectivity index (χ4v) is 2.15. The van der Waals surface area contributed by atoms with Gasteiger partial charge in [-0.3, -0.25) is 5.41 Å². The number of amidine groups is 1. The van der Waals surface area contributed by atoms with Gasteiger partial charge in [0.15, 0.2) is 0 Å². The Morgan fingerprint density at radius 1 is 1.29 bits per heavy atom. The molecule has 3 nitrogen and oxygen atoms in total. The molecule has 3 heteroatoms. The third-order valence-corrected chi connectivity index (χ3v) is 3.24. The zero-order valence-electron chi connectivity index (χ0n) is 10.4. The first-order valence-corrected chi connectivity index (χ1v) is 6.21. The standard InChI is InChI=1S/C14H20N2O/c1-12(15)16-9-7-14(8-10-16)17-11-13-5-3-2-4-6-13/h2-6,14-15H,7-11H2,1H3. The smallest absolute Gasteiger partial charge is 0.0925 e. The molecule has 1 aliphatic rings. The molecule has 0 bridgehead atoms. The van der Waals surface area contributed by atoms with Gasteiger partial charge in [-0.15, -0.1) is 0 Å². The first-order valence-electron chi connectivity index (χ1n) is 6.21. The molecule has 1 aromatic rings. The molecule has 17 heavy (non-hydrogen) atoms. The zero-order valence-corrected chi connectivity index (χ0v) is 10.4. The van der Waals surface area contributed by atoms with Gasteiger partial charge < -0.3 is 9.64 Å². The zero-order chi connectivity index (χ0) is 12.1. The molecule has 0 unspecified atom stereocenters. The highest BCUT2D eigenvalue weighted by Crippen LogP contribution is 2.15. The van der Waals surface area contributed by atoms with Crippen LogP contribution in [0.1, 0.15) is 25.3 Å². The summed E-state index contributed by atoms with van der Waals surface area (Å²) in [5.74, 6) is 0.673. The van der Waals surface area contributed by atoms with Crippen molar-refractivity contribution in [3.05, 3.63) is 35.9 Å². The predicted octanol–water partition coefficient (Wildman–Crippen LogP) is 2.66. The van der Waals surface area contributed by atoms with Gasteiger partial charge in [-0.2, -0.15) is 0 Å². The average Bonchev–Trinajstić information content (AvgIpc) is 2.38. The number of hydrogen-bond donors (Lipinski definition) is 1. The summed E-state index contributed by atoms with van der Waals surface area (Å²) in [5.41, 5.74) is 1.23. The largest absolute Gasteiger partial charge is 0.373 e. The second-order valence-corrected chi connectivity index (χ2v) is 4.57. The van der Waals surface area contributed by atoms with Gasteiger partial charge in [0.2, 0.25) is 0 Å². The van der Waals surface area contributed by atoms with Crippen molar-refractivity contribution in [2.24, 2.45) is 0 Å². The van der Waals surface area contributed by atoms with E-state index in [1.165, 1.54) is 5.56 Å². The Balaban J connectivity index is 1.74. The van der Waals surface area contributed by atoms with Crippen molar-refractivity contribution >= 4 is 5.84 Å². The van der Waals surface area contributed by atoms with Crippen LogP contribution >= 0.6 is 0 Å². The molecule has 1 saturated heterocycles. The van der Waals surface area contributed by atoms with E-state index in [-0.39, 0.29) is 0 Å². The Labute approximate surface area is 103 Å². The fourth-order valence-electron chi connectivity index (χ4n) is 2.15. The van der Waals surface area contributed by atoms with Crippen molar-refractivity contribution in [1.29, 1.82) is 5.41 Å². The van der Waals surface area contributed by atoms with E-state index in [9.17, 15) is 0 Å². The third-order valence-electron chi connectivity index (χ3n) is 3.24. The predicted molar refractivity (Wildman–Crippen MR) is 69.2 cm³/mol. The van der Waals surface area contributed by atoms with Crippen LogP contribution in [0, 0.1) is 5.41 Å². The van der Waals surface area contributed by atoms with Gasteiger partial charge in [0.05, 0.1) is 18.5 Å². The summed E-state index contributed by atoms with van der Waals surface area (Å²) in [6, 6.07) is 10.3. The van der Waals surface area contributed by atoms with Crippen LogP contribution in [0.25, 0.3) is 0 Å². The molecule has 0 saturated carbocycles. The molecule has 0 spiro atoms. The number of nitrogens with one attached hydrogen (secondary N) is 1. The lowest BCUT2D eigenvalue weighted by Gasteiger charge is -2.32. The molecular weight excluding hydrogens is 212 g/mol. The normalized spacial score (nSPS) is 17.1. The van der Waals surface area contributed by atoms with Gasteiger partial charge in [-0.25, -0.2) is 0 Å². The summed E-state index contributed by atoms with van der Waals surface area (Å²) in [4.78, 5) is 2.11.